The largest absolute Gasteiger partial charge is 0.380 e. The first-order valence-electron chi connectivity index (χ1n) is 6.79. The van der Waals surface area contributed by atoms with Gasteiger partial charge in [-0.05, 0) is 38.4 Å². The molecule has 20 heavy (non-hydrogen) atoms. The van der Waals surface area contributed by atoms with Gasteiger partial charge in [-0.2, -0.15) is 0 Å². The number of rotatable bonds is 4. The lowest BCUT2D eigenvalue weighted by Crippen LogP contribution is -2.48. The number of likely N-dealkylation sites (tertiary alicyclic amines) is 1. The summed E-state index contributed by atoms with van der Waals surface area (Å²) in [7, 11) is 1.72. The van der Waals surface area contributed by atoms with Crippen LogP contribution in [0.1, 0.15) is 19.8 Å². The second-order valence-electron chi connectivity index (χ2n) is 5.02. The van der Waals surface area contributed by atoms with Gasteiger partial charge in [-0.3, -0.25) is 9.69 Å². The average molecular weight is 298 g/mol. The Bertz CT molecular complexity index is 452. The van der Waals surface area contributed by atoms with Crippen molar-refractivity contribution in [2.24, 2.45) is 0 Å². The lowest BCUT2D eigenvalue weighted by molar-refractivity contribution is -0.122. The van der Waals surface area contributed by atoms with Crippen LogP contribution in [0.25, 0.3) is 0 Å². The number of carbonyl (C=O) groups is 1. The summed E-state index contributed by atoms with van der Waals surface area (Å²) in [5, 5.41) is 3.36. The monoisotopic (exact) mass is 297 g/mol. The molecule has 5 nitrogen and oxygen atoms in total. The molecule has 1 amide bonds. The van der Waals surface area contributed by atoms with Crippen molar-refractivity contribution in [3.63, 3.8) is 0 Å². The summed E-state index contributed by atoms with van der Waals surface area (Å²) in [4.78, 5) is 18.4. The molecule has 2 atom stereocenters. The summed E-state index contributed by atoms with van der Waals surface area (Å²) in [6, 6.07) is 3.20. The third kappa shape index (κ3) is 3.91. The second-order valence-corrected chi connectivity index (χ2v) is 5.46. The van der Waals surface area contributed by atoms with Crippen molar-refractivity contribution in [1.29, 1.82) is 0 Å². The fraction of sp³-hybridized carbons (Fsp3) is 0.571. The van der Waals surface area contributed by atoms with Crippen LogP contribution in [0.5, 0.6) is 0 Å². The fourth-order valence-corrected chi connectivity index (χ4v) is 2.47. The Labute approximate surface area is 124 Å². The maximum atomic E-state index is 12.2. The number of amides is 1. The van der Waals surface area contributed by atoms with E-state index in [0.717, 1.165) is 25.9 Å². The van der Waals surface area contributed by atoms with E-state index in [-0.39, 0.29) is 18.1 Å². The zero-order valence-electron chi connectivity index (χ0n) is 11.8. The van der Waals surface area contributed by atoms with Crippen LogP contribution in [-0.4, -0.2) is 48.1 Å². The molecule has 6 heteroatoms. The first-order valence-corrected chi connectivity index (χ1v) is 7.17. The van der Waals surface area contributed by atoms with Gasteiger partial charge >= 0.3 is 0 Å². The molecule has 0 bridgehead atoms. The number of hydrogen-bond donors (Lipinski definition) is 1. The summed E-state index contributed by atoms with van der Waals surface area (Å²) in [5.74, 6) is 0.461. The Morgan fingerprint density at radius 3 is 3.05 bits per heavy atom. The molecule has 0 aromatic carbocycles. The first-order chi connectivity index (χ1) is 9.60. The lowest BCUT2D eigenvalue weighted by atomic mass is 10.1. The minimum Gasteiger partial charge on any atom is -0.380 e. The van der Waals surface area contributed by atoms with E-state index in [1.165, 1.54) is 6.20 Å². The molecule has 1 aromatic rings. The molecule has 0 radical (unpaired) electrons. The highest BCUT2D eigenvalue weighted by molar-refractivity contribution is 6.30. The predicted octanol–water partition coefficient (Wildman–Crippen LogP) is 2.17. The standard InChI is InChI=1S/C14H20ClN3O2/c1-10(18-7-3-4-12(9-18)20-2)14(19)17-13-6-5-11(15)8-16-13/h5-6,8,10,12H,3-4,7,9H2,1-2H3,(H,16,17,19). The molecular formula is C14H20ClN3O2. The van der Waals surface area contributed by atoms with Crippen LogP contribution in [-0.2, 0) is 9.53 Å². The third-order valence-electron chi connectivity index (χ3n) is 3.65. The van der Waals surface area contributed by atoms with Crippen molar-refractivity contribution in [1.82, 2.24) is 9.88 Å². The molecule has 1 saturated heterocycles. The van der Waals surface area contributed by atoms with Gasteiger partial charge in [0.1, 0.15) is 5.82 Å². The Hall–Kier alpha value is -1.17. The van der Waals surface area contributed by atoms with Crippen molar-refractivity contribution < 1.29 is 9.53 Å². The van der Waals surface area contributed by atoms with Crippen molar-refractivity contribution in [2.45, 2.75) is 31.9 Å². The summed E-state index contributed by atoms with van der Waals surface area (Å²) in [5.41, 5.74) is 0. The predicted molar refractivity (Wildman–Crippen MR) is 78.9 cm³/mol. The maximum absolute atomic E-state index is 12.2. The molecule has 0 aliphatic carbocycles. The van der Waals surface area contributed by atoms with E-state index in [1.807, 2.05) is 6.92 Å². The highest BCUT2D eigenvalue weighted by atomic mass is 35.5. The molecule has 1 aliphatic heterocycles. The molecule has 0 saturated carbocycles. The van der Waals surface area contributed by atoms with E-state index in [4.69, 9.17) is 16.3 Å². The van der Waals surface area contributed by atoms with Gasteiger partial charge in [-0.25, -0.2) is 4.98 Å². The van der Waals surface area contributed by atoms with Gasteiger partial charge in [0, 0.05) is 19.9 Å². The number of aromatic nitrogens is 1. The molecule has 1 fully saturated rings. The van der Waals surface area contributed by atoms with E-state index < -0.39 is 0 Å². The van der Waals surface area contributed by atoms with Crippen LogP contribution in [0.15, 0.2) is 18.3 Å². The van der Waals surface area contributed by atoms with E-state index in [2.05, 4.69) is 15.2 Å². The molecule has 1 N–H and O–H groups in total. The molecule has 2 heterocycles. The van der Waals surface area contributed by atoms with Crippen LogP contribution in [0, 0.1) is 0 Å². The number of halogens is 1. The van der Waals surface area contributed by atoms with E-state index in [0.29, 0.717) is 10.8 Å². The normalized spacial score (nSPS) is 21.4. The minimum atomic E-state index is -0.203. The van der Waals surface area contributed by atoms with Gasteiger partial charge in [0.25, 0.3) is 0 Å². The Balaban J connectivity index is 1.92. The number of ether oxygens (including phenoxy) is 1. The zero-order chi connectivity index (χ0) is 14.5. The molecular weight excluding hydrogens is 278 g/mol. The van der Waals surface area contributed by atoms with Crippen molar-refractivity contribution in [3.05, 3.63) is 23.4 Å². The van der Waals surface area contributed by atoms with Crippen molar-refractivity contribution in [2.75, 3.05) is 25.5 Å². The SMILES string of the molecule is COC1CCCN(C(C)C(=O)Nc2ccc(Cl)cn2)C1. The van der Waals surface area contributed by atoms with Crippen LogP contribution in [0.4, 0.5) is 5.82 Å². The number of carbonyl (C=O) groups excluding carboxylic acids is 1. The number of nitrogens with one attached hydrogen (secondary N) is 1. The summed E-state index contributed by atoms with van der Waals surface area (Å²) >= 11 is 5.77. The van der Waals surface area contributed by atoms with Crippen LogP contribution >= 0.6 is 11.6 Å². The first kappa shape index (κ1) is 15.2. The van der Waals surface area contributed by atoms with Gasteiger partial charge in [-0.15, -0.1) is 0 Å². The highest BCUT2D eigenvalue weighted by Crippen LogP contribution is 2.16. The number of methoxy groups -OCH3 is 1. The fourth-order valence-electron chi connectivity index (χ4n) is 2.36. The number of nitrogens with zero attached hydrogens (tertiary/aromatic N) is 2. The number of anilines is 1. The molecule has 110 valence electrons. The van der Waals surface area contributed by atoms with Gasteiger partial charge < -0.3 is 10.1 Å². The average Bonchev–Trinajstić information content (AvgIpc) is 2.48. The van der Waals surface area contributed by atoms with Gasteiger partial charge in [0.15, 0.2) is 0 Å². The smallest absolute Gasteiger partial charge is 0.242 e. The molecule has 0 spiro atoms. The number of hydrogen-bond acceptors (Lipinski definition) is 4. The van der Waals surface area contributed by atoms with E-state index in [9.17, 15) is 4.79 Å². The zero-order valence-corrected chi connectivity index (χ0v) is 12.6. The summed E-state index contributed by atoms with van der Waals surface area (Å²) < 4.78 is 5.38. The Kier molecular flexibility index (Phi) is 5.34. The summed E-state index contributed by atoms with van der Waals surface area (Å²) in [6.07, 6.45) is 3.84. The Morgan fingerprint density at radius 1 is 1.60 bits per heavy atom. The lowest BCUT2D eigenvalue weighted by Gasteiger charge is -2.35. The van der Waals surface area contributed by atoms with Crippen molar-refractivity contribution >= 4 is 23.3 Å². The third-order valence-corrected chi connectivity index (χ3v) is 3.87. The van der Waals surface area contributed by atoms with Crippen molar-refractivity contribution in [3.8, 4) is 0 Å². The Morgan fingerprint density at radius 2 is 2.40 bits per heavy atom. The van der Waals surface area contributed by atoms with Crippen LogP contribution in [0.2, 0.25) is 5.02 Å². The maximum Gasteiger partial charge on any atom is 0.242 e. The molecule has 1 aromatic heterocycles. The topological polar surface area (TPSA) is 54.5 Å². The van der Waals surface area contributed by atoms with Crippen LogP contribution in [0.3, 0.4) is 0 Å². The van der Waals surface area contributed by atoms with Gasteiger partial charge in [-0.1, -0.05) is 11.6 Å². The molecule has 2 unspecified atom stereocenters. The second kappa shape index (κ2) is 7.02. The highest BCUT2D eigenvalue weighted by Gasteiger charge is 2.27. The van der Waals surface area contributed by atoms with E-state index >= 15 is 0 Å². The quantitative estimate of drug-likeness (QED) is 0.925. The summed E-state index contributed by atoms with van der Waals surface area (Å²) in [6.45, 7) is 3.62. The minimum absolute atomic E-state index is 0.0587. The van der Waals surface area contributed by atoms with Gasteiger partial charge in [0.2, 0.25) is 5.91 Å². The van der Waals surface area contributed by atoms with E-state index in [1.54, 1.807) is 19.2 Å². The number of piperidine rings is 1. The number of pyridine rings is 1. The van der Waals surface area contributed by atoms with Crippen LogP contribution < -0.4 is 5.32 Å². The molecule has 1 aliphatic rings. The molecule has 2 rings (SSSR count). The van der Waals surface area contributed by atoms with Gasteiger partial charge in [0.05, 0.1) is 17.2 Å².